The van der Waals surface area contributed by atoms with Gasteiger partial charge in [0, 0.05) is 12.6 Å². The van der Waals surface area contributed by atoms with Gasteiger partial charge in [-0.2, -0.15) is 5.26 Å². The Hall–Kier alpha value is -1.57. The molecule has 0 aromatic rings. The van der Waals surface area contributed by atoms with Gasteiger partial charge in [-0.3, -0.25) is 9.59 Å². The summed E-state index contributed by atoms with van der Waals surface area (Å²) in [5.74, 6) is -0.702. The van der Waals surface area contributed by atoms with E-state index in [9.17, 15) is 9.59 Å². The van der Waals surface area contributed by atoms with E-state index < -0.39 is 5.92 Å². The molecule has 1 unspecified atom stereocenters. The zero-order valence-electron chi connectivity index (χ0n) is 14.3. The molecule has 22 heavy (non-hydrogen) atoms. The molecular formula is C17H29N3O2. The number of nitrogens with one attached hydrogen (secondary N) is 1. The lowest BCUT2D eigenvalue weighted by Gasteiger charge is -2.30. The standard InChI is InChI=1S/C17H29N3O2/c1-17(2,3)19-15(21)14(16(22)20(4)11-10-18)12-13-8-6-5-7-9-13/h13-14H,5-9,11-12H2,1-4H3,(H,19,21). The zero-order chi connectivity index (χ0) is 16.8. The first-order valence-electron chi connectivity index (χ1n) is 8.18. The first-order valence-corrected chi connectivity index (χ1v) is 8.18. The van der Waals surface area contributed by atoms with Crippen LogP contribution in [0.4, 0.5) is 0 Å². The second-order valence-corrected chi connectivity index (χ2v) is 7.38. The third kappa shape index (κ3) is 6.05. The molecule has 1 atom stereocenters. The maximum Gasteiger partial charge on any atom is 0.235 e. The Morgan fingerprint density at radius 3 is 2.36 bits per heavy atom. The minimum absolute atomic E-state index is 0.0167. The molecule has 0 aromatic carbocycles. The maximum absolute atomic E-state index is 12.5. The summed E-state index contributed by atoms with van der Waals surface area (Å²) in [7, 11) is 1.59. The van der Waals surface area contributed by atoms with E-state index in [1.54, 1.807) is 7.05 Å². The van der Waals surface area contributed by atoms with Gasteiger partial charge in [0.15, 0.2) is 0 Å². The predicted molar refractivity (Wildman–Crippen MR) is 85.8 cm³/mol. The zero-order valence-corrected chi connectivity index (χ0v) is 14.3. The van der Waals surface area contributed by atoms with Gasteiger partial charge in [0.1, 0.15) is 12.5 Å². The highest BCUT2D eigenvalue weighted by molar-refractivity contribution is 6.00. The number of hydrogen-bond acceptors (Lipinski definition) is 3. The third-order valence-corrected chi connectivity index (χ3v) is 4.09. The highest BCUT2D eigenvalue weighted by Gasteiger charge is 2.33. The number of carbonyl (C=O) groups is 2. The molecule has 2 amide bonds. The first-order chi connectivity index (χ1) is 10.2. The van der Waals surface area contributed by atoms with Gasteiger partial charge < -0.3 is 10.2 Å². The number of nitrogens with zero attached hydrogens (tertiary/aromatic N) is 2. The van der Waals surface area contributed by atoms with Gasteiger partial charge in [-0.05, 0) is 33.1 Å². The summed E-state index contributed by atoms with van der Waals surface area (Å²) in [6, 6.07) is 1.97. The van der Waals surface area contributed by atoms with Crippen molar-refractivity contribution in [3.63, 3.8) is 0 Å². The molecular weight excluding hydrogens is 278 g/mol. The van der Waals surface area contributed by atoms with Crippen molar-refractivity contribution in [2.24, 2.45) is 11.8 Å². The van der Waals surface area contributed by atoms with E-state index in [4.69, 9.17) is 5.26 Å². The van der Waals surface area contributed by atoms with Crippen molar-refractivity contribution in [3.05, 3.63) is 0 Å². The summed E-state index contributed by atoms with van der Waals surface area (Å²) < 4.78 is 0. The second-order valence-electron chi connectivity index (χ2n) is 7.38. The van der Waals surface area contributed by atoms with Crippen molar-refractivity contribution in [2.45, 2.75) is 64.8 Å². The Morgan fingerprint density at radius 2 is 1.86 bits per heavy atom. The van der Waals surface area contributed by atoms with E-state index in [-0.39, 0.29) is 23.9 Å². The average Bonchev–Trinajstić information content (AvgIpc) is 2.43. The van der Waals surface area contributed by atoms with Crippen LogP contribution in [0.15, 0.2) is 0 Å². The molecule has 0 heterocycles. The molecule has 0 aliphatic heterocycles. The van der Waals surface area contributed by atoms with Crippen LogP contribution < -0.4 is 5.32 Å². The van der Waals surface area contributed by atoms with Crippen LogP contribution in [0.2, 0.25) is 0 Å². The van der Waals surface area contributed by atoms with Crippen LogP contribution in [-0.2, 0) is 9.59 Å². The Morgan fingerprint density at radius 1 is 1.27 bits per heavy atom. The van der Waals surface area contributed by atoms with Crippen molar-refractivity contribution in [2.75, 3.05) is 13.6 Å². The van der Waals surface area contributed by atoms with E-state index in [1.165, 1.54) is 24.2 Å². The SMILES string of the molecule is CN(CC#N)C(=O)C(CC1CCCCC1)C(=O)NC(C)(C)C. The largest absolute Gasteiger partial charge is 0.351 e. The Labute approximate surface area is 134 Å². The number of rotatable bonds is 5. The molecule has 0 saturated heterocycles. The highest BCUT2D eigenvalue weighted by Crippen LogP contribution is 2.30. The Kier molecular flexibility index (Phi) is 6.86. The highest BCUT2D eigenvalue weighted by atomic mass is 16.2. The van der Waals surface area contributed by atoms with Crippen LogP contribution in [0.1, 0.15) is 59.3 Å². The van der Waals surface area contributed by atoms with E-state index >= 15 is 0 Å². The van der Waals surface area contributed by atoms with Gasteiger partial charge in [-0.25, -0.2) is 0 Å². The maximum atomic E-state index is 12.5. The molecule has 0 spiro atoms. The van der Waals surface area contributed by atoms with Crippen molar-refractivity contribution in [1.82, 2.24) is 10.2 Å². The number of carbonyl (C=O) groups excluding carboxylic acids is 2. The lowest BCUT2D eigenvalue weighted by molar-refractivity contribution is -0.142. The molecule has 1 N–H and O–H groups in total. The smallest absolute Gasteiger partial charge is 0.235 e. The van der Waals surface area contributed by atoms with Gasteiger partial charge in [0.05, 0.1) is 6.07 Å². The molecule has 0 bridgehead atoms. The Balaban J connectivity index is 2.81. The lowest BCUT2D eigenvalue weighted by atomic mass is 9.82. The van der Waals surface area contributed by atoms with Gasteiger partial charge in [0.2, 0.25) is 11.8 Å². The predicted octanol–water partition coefficient (Wildman–Crippen LogP) is 2.47. The van der Waals surface area contributed by atoms with Crippen LogP contribution in [0, 0.1) is 23.2 Å². The fourth-order valence-electron chi connectivity index (χ4n) is 2.98. The summed E-state index contributed by atoms with van der Waals surface area (Å²) >= 11 is 0. The van der Waals surface area contributed by atoms with Crippen molar-refractivity contribution < 1.29 is 9.59 Å². The van der Waals surface area contributed by atoms with E-state index in [0.717, 1.165) is 12.8 Å². The van der Waals surface area contributed by atoms with Crippen LogP contribution in [0.25, 0.3) is 0 Å². The molecule has 1 saturated carbocycles. The van der Waals surface area contributed by atoms with Crippen molar-refractivity contribution >= 4 is 11.8 Å². The average molecular weight is 307 g/mol. The van der Waals surface area contributed by atoms with Crippen LogP contribution >= 0.6 is 0 Å². The van der Waals surface area contributed by atoms with Crippen molar-refractivity contribution in [3.8, 4) is 6.07 Å². The summed E-state index contributed by atoms with van der Waals surface area (Å²) in [5, 5.41) is 11.7. The molecule has 1 aliphatic rings. The fraction of sp³-hybridized carbons (Fsp3) is 0.824. The summed E-state index contributed by atoms with van der Waals surface area (Å²) in [5.41, 5.74) is -0.365. The minimum atomic E-state index is -0.680. The normalized spacial score (nSPS) is 17.4. The fourth-order valence-corrected chi connectivity index (χ4v) is 2.98. The quantitative estimate of drug-likeness (QED) is 0.626. The van der Waals surface area contributed by atoms with E-state index in [1.807, 2.05) is 26.8 Å². The molecule has 124 valence electrons. The summed E-state index contributed by atoms with van der Waals surface area (Å²) in [6.07, 6.45) is 6.39. The van der Waals surface area contributed by atoms with Crippen LogP contribution in [0.3, 0.4) is 0 Å². The monoisotopic (exact) mass is 307 g/mol. The second kappa shape index (κ2) is 8.17. The molecule has 0 radical (unpaired) electrons. The minimum Gasteiger partial charge on any atom is -0.351 e. The van der Waals surface area contributed by atoms with Crippen LogP contribution in [0.5, 0.6) is 0 Å². The van der Waals surface area contributed by atoms with E-state index in [0.29, 0.717) is 12.3 Å². The third-order valence-electron chi connectivity index (χ3n) is 4.09. The van der Waals surface area contributed by atoms with Crippen molar-refractivity contribution in [1.29, 1.82) is 5.26 Å². The van der Waals surface area contributed by atoms with Gasteiger partial charge in [-0.1, -0.05) is 32.1 Å². The first kappa shape index (κ1) is 18.5. The number of amides is 2. The number of nitriles is 1. The molecule has 5 nitrogen and oxygen atoms in total. The van der Waals surface area contributed by atoms with Crippen LogP contribution in [-0.4, -0.2) is 35.8 Å². The molecule has 1 fully saturated rings. The van der Waals surface area contributed by atoms with E-state index in [2.05, 4.69) is 5.32 Å². The van der Waals surface area contributed by atoms with Gasteiger partial charge in [-0.15, -0.1) is 0 Å². The molecule has 0 aromatic heterocycles. The molecule has 5 heteroatoms. The topological polar surface area (TPSA) is 73.2 Å². The molecule has 1 aliphatic carbocycles. The molecule has 1 rings (SSSR count). The summed E-state index contributed by atoms with van der Waals surface area (Å²) in [4.78, 5) is 26.4. The Bertz CT molecular complexity index is 428. The van der Waals surface area contributed by atoms with Gasteiger partial charge in [0.25, 0.3) is 0 Å². The van der Waals surface area contributed by atoms with Gasteiger partial charge >= 0.3 is 0 Å². The number of hydrogen-bond donors (Lipinski definition) is 1. The summed E-state index contributed by atoms with van der Waals surface area (Å²) in [6.45, 7) is 5.74. The lowest BCUT2D eigenvalue weighted by Crippen LogP contribution is -2.49.